The summed E-state index contributed by atoms with van der Waals surface area (Å²) in [6.45, 7) is 9.70. The number of hydrogen-bond acceptors (Lipinski definition) is 1. The van der Waals surface area contributed by atoms with Crippen molar-refractivity contribution >= 4 is 0 Å². The number of nitrogens with one attached hydrogen (secondary N) is 1. The van der Waals surface area contributed by atoms with E-state index >= 15 is 0 Å². The van der Waals surface area contributed by atoms with Crippen molar-refractivity contribution in [2.24, 2.45) is 17.8 Å². The fourth-order valence-corrected chi connectivity index (χ4v) is 3.93. The number of rotatable bonds is 4. The first-order valence-electron chi connectivity index (χ1n) is 8.00. The quantitative estimate of drug-likeness (QED) is 0.829. The highest BCUT2D eigenvalue weighted by atomic mass is 19.1. The highest BCUT2D eigenvalue weighted by molar-refractivity contribution is 5.27. The van der Waals surface area contributed by atoms with Gasteiger partial charge < -0.3 is 5.32 Å². The third-order valence-corrected chi connectivity index (χ3v) is 4.60. The first-order valence-corrected chi connectivity index (χ1v) is 8.00. The molecule has 0 heterocycles. The molecular weight excluding hydrogens is 249 g/mol. The van der Waals surface area contributed by atoms with Gasteiger partial charge in [-0.15, -0.1) is 0 Å². The van der Waals surface area contributed by atoms with Gasteiger partial charge in [-0.3, -0.25) is 0 Å². The average molecular weight is 277 g/mol. The van der Waals surface area contributed by atoms with E-state index in [4.69, 9.17) is 0 Å². The molecule has 0 aliphatic heterocycles. The van der Waals surface area contributed by atoms with Crippen LogP contribution in [0, 0.1) is 30.5 Å². The number of aryl methyl sites for hydroxylation is 1. The Bertz CT molecular complexity index is 433. The van der Waals surface area contributed by atoms with Gasteiger partial charge in [0.2, 0.25) is 0 Å². The molecule has 0 bridgehead atoms. The Labute approximate surface area is 123 Å². The second-order valence-corrected chi connectivity index (χ2v) is 6.74. The van der Waals surface area contributed by atoms with Gasteiger partial charge in [0.25, 0.3) is 0 Å². The molecule has 112 valence electrons. The van der Waals surface area contributed by atoms with Crippen LogP contribution in [-0.4, -0.2) is 6.54 Å². The molecule has 20 heavy (non-hydrogen) atoms. The van der Waals surface area contributed by atoms with E-state index < -0.39 is 0 Å². The summed E-state index contributed by atoms with van der Waals surface area (Å²) in [6.07, 6.45) is 3.72. The molecule has 1 aliphatic carbocycles. The monoisotopic (exact) mass is 277 g/mol. The molecule has 0 amide bonds. The second kappa shape index (κ2) is 6.71. The van der Waals surface area contributed by atoms with Crippen molar-refractivity contribution in [2.75, 3.05) is 6.54 Å². The Morgan fingerprint density at radius 1 is 1.20 bits per heavy atom. The van der Waals surface area contributed by atoms with Gasteiger partial charge in [0.1, 0.15) is 5.82 Å². The lowest BCUT2D eigenvalue weighted by Crippen LogP contribution is -2.33. The second-order valence-electron chi connectivity index (χ2n) is 6.74. The Kier molecular flexibility index (Phi) is 5.20. The molecule has 1 aromatic rings. The molecule has 2 heteroatoms. The van der Waals surface area contributed by atoms with E-state index in [9.17, 15) is 4.39 Å². The van der Waals surface area contributed by atoms with Gasteiger partial charge in [0.05, 0.1) is 0 Å². The minimum atomic E-state index is -0.0626. The van der Waals surface area contributed by atoms with Gasteiger partial charge in [-0.2, -0.15) is 0 Å². The molecule has 0 radical (unpaired) electrons. The molecule has 0 aromatic heterocycles. The van der Waals surface area contributed by atoms with Crippen molar-refractivity contribution < 1.29 is 4.39 Å². The first kappa shape index (κ1) is 15.5. The fourth-order valence-electron chi connectivity index (χ4n) is 3.93. The lowest BCUT2D eigenvalue weighted by Gasteiger charge is -2.37. The van der Waals surface area contributed by atoms with Crippen LogP contribution >= 0.6 is 0 Å². The Balaban J connectivity index is 2.28. The minimum Gasteiger partial charge on any atom is -0.310 e. The molecule has 1 aromatic carbocycles. The molecular formula is C18H28FN. The maximum Gasteiger partial charge on any atom is 0.128 e. The van der Waals surface area contributed by atoms with Crippen LogP contribution in [0.15, 0.2) is 18.2 Å². The van der Waals surface area contributed by atoms with Crippen LogP contribution in [0.4, 0.5) is 4.39 Å². The summed E-state index contributed by atoms with van der Waals surface area (Å²) in [4.78, 5) is 0. The first-order chi connectivity index (χ1) is 9.51. The van der Waals surface area contributed by atoms with Crippen LogP contribution < -0.4 is 5.32 Å². The summed E-state index contributed by atoms with van der Waals surface area (Å²) < 4.78 is 14.3. The van der Waals surface area contributed by atoms with E-state index in [0.29, 0.717) is 5.92 Å². The normalized spacial score (nSPS) is 28.4. The van der Waals surface area contributed by atoms with E-state index in [0.717, 1.165) is 29.5 Å². The van der Waals surface area contributed by atoms with Gasteiger partial charge in [-0.1, -0.05) is 38.5 Å². The zero-order chi connectivity index (χ0) is 14.7. The van der Waals surface area contributed by atoms with E-state index in [1.54, 1.807) is 6.07 Å². The summed E-state index contributed by atoms with van der Waals surface area (Å²) >= 11 is 0. The number of hydrogen-bond donors (Lipinski definition) is 1. The SMILES string of the molecule is CCNC(c1cc(C)ccc1F)C1CC(C)CC(C)C1. The third kappa shape index (κ3) is 3.60. The Hall–Kier alpha value is -0.890. The van der Waals surface area contributed by atoms with E-state index in [1.807, 2.05) is 19.1 Å². The lowest BCUT2D eigenvalue weighted by atomic mass is 9.72. The summed E-state index contributed by atoms with van der Waals surface area (Å²) in [5, 5.41) is 3.54. The summed E-state index contributed by atoms with van der Waals surface area (Å²) in [5.41, 5.74) is 2.00. The predicted octanol–water partition coefficient (Wildman–Crippen LogP) is 4.86. The summed E-state index contributed by atoms with van der Waals surface area (Å²) in [7, 11) is 0. The van der Waals surface area contributed by atoms with E-state index in [-0.39, 0.29) is 11.9 Å². The molecule has 1 nitrogen and oxygen atoms in total. The smallest absolute Gasteiger partial charge is 0.128 e. The lowest BCUT2D eigenvalue weighted by molar-refractivity contribution is 0.175. The van der Waals surface area contributed by atoms with Crippen LogP contribution in [0.25, 0.3) is 0 Å². The zero-order valence-corrected chi connectivity index (χ0v) is 13.2. The molecule has 1 N–H and O–H groups in total. The highest BCUT2D eigenvalue weighted by Gasteiger charge is 2.31. The summed E-state index contributed by atoms with van der Waals surface area (Å²) in [5.74, 6) is 1.98. The van der Waals surface area contributed by atoms with Gasteiger partial charge >= 0.3 is 0 Å². The molecule has 3 atom stereocenters. The van der Waals surface area contributed by atoms with Crippen molar-refractivity contribution in [3.63, 3.8) is 0 Å². The zero-order valence-electron chi connectivity index (χ0n) is 13.2. The van der Waals surface area contributed by atoms with Crippen molar-refractivity contribution in [3.05, 3.63) is 35.1 Å². The molecule has 3 unspecified atom stereocenters. The maximum absolute atomic E-state index is 14.3. The molecule has 1 saturated carbocycles. The maximum atomic E-state index is 14.3. The van der Waals surface area contributed by atoms with Gasteiger partial charge in [0, 0.05) is 11.6 Å². The third-order valence-electron chi connectivity index (χ3n) is 4.60. The summed E-state index contributed by atoms with van der Waals surface area (Å²) in [6, 6.07) is 5.65. The Morgan fingerprint density at radius 3 is 2.45 bits per heavy atom. The Morgan fingerprint density at radius 2 is 1.85 bits per heavy atom. The minimum absolute atomic E-state index is 0.0626. The topological polar surface area (TPSA) is 12.0 Å². The number of benzene rings is 1. The van der Waals surface area contributed by atoms with Crippen LogP contribution in [0.5, 0.6) is 0 Å². The number of halogens is 1. The largest absolute Gasteiger partial charge is 0.310 e. The van der Waals surface area contributed by atoms with E-state index in [1.165, 1.54) is 19.3 Å². The van der Waals surface area contributed by atoms with Gasteiger partial charge in [-0.05, 0) is 56.6 Å². The highest BCUT2D eigenvalue weighted by Crippen LogP contribution is 2.40. The fraction of sp³-hybridized carbons (Fsp3) is 0.667. The van der Waals surface area contributed by atoms with Crippen molar-refractivity contribution in [3.8, 4) is 0 Å². The molecule has 0 saturated heterocycles. The molecule has 2 rings (SSSR count). The van der Waals surface area contributed by atoms with Crippen molar-refractivity contribution in [1.29, 1.82) is 0 Å². The van der Waals surface area contributed by atoms with Gasteiger partial charge in [-0.25, -0.2) is 4.39 Å². The van der Waals surface area contributed by atoms with Crippen LogP contribution in [-0.2, 0) is 0 Å². The van der Waals surface area contributed by atoms with Crippen molar-refractivity contribution in [1.82, 2.24) is 5.32 Å². The average Bonchev–Trinajstić information content (AvgIpc) is 2.38. The molecule has 1 aliphatic rings. The molecule has 0 spiro atoms. The molecule has 1 fully saturated rings. The van der Waals surface area contributed by atoms with Crippen LogP contribution in [0.2, 0.25) is 0 Å². The van der Waals surface area contributed by atoms with E-state index in [2.05, 4.69) is 26.1 Å². The van der Waals surface area contributed by atoms with Gasteiger partial charge in [0.15, 0.2) is 0 Å². The van der Waals surface area contributed by atoms with Crippen molar-refractivity contribution in [2.45, 2.75) is 53.0 Å². The van der Waals surface area contributed by atoms with Crippen LogP contribution in [0.3, 0.4) is 0 Å². The standard InChI is InChI=1S/C18H28FN/c1-5-20-18(15-9-13(3)8-14(4)10-15)16-11-12(2)6-7-17(16)19/h6-7,11,13-15,18,20H,5,8-10H2,1-4H3. The predicted molar refractivity (Wildman–Crippen MR) is 83.2 cm³/mol. The van der Waals surface area contributed by atoms with Crippen LogP contribution in [0.1, 0.15) is 57.2 Å².